The van der Waals surface area contributed by atoms with Crippen LogP contribution in [0.15, 0.2) is 28.7 Å². The minimum atomic E-state index is -0.0927. The van der Waals surface area contributed by atoms with Crippen LogP contribution in [0.1, 0.15) is 38.3 Å². The van der Waals surface area contributed by atoms with Crippen molar-refractivity contribution in [3.8, 4) is 0 Å². The SMILES string of the molecule is CCOC(=O)C1CC[NH+](CC(=O)N[C@@H](C)c2ccc(Br)cc2)CC1. The summed E-state index contributed by atoms with van der Waals surface area (Å²) in [5.41, 5.74) is 1.09. The van der Waals surface area contributed by atoms with Gasteiger partial charge in [-0.25, -0.2) is 0 Å². The first kappa shape index (κ1) is 18.9. The third kappa shape index (κ3) is 5.60. The van der Waals surface area contributed by atoms with Gasteiger partial charge in [-0.3, -0.25) is 9.59 Å². The second-order valence-electron chi connectivity index (χ2n) is 6.29. The first-order valence-electron chi connectivity index (χ1n) is 8.54. The van der Waals surface area contributed by atoms with E-state index in [1.54, 1.807) is 0 Å². The number of carbonyl (C=O) groups excluding carboxylic acids is 2. The van der Waals surface area contributed by atoms with Gasteiger partial charge < -0.3 is 15.0 Å². The van der Waals surface area contributed by atoms with Crippen LogP contribution in [-0.2, 0) is 14.3 Å². The van der Waals surface area contributed by atoms with Gasteiger partial charge in [0.15, 0.2) is 6.54 Å². The van der Waals surface area contributed by atoms with Crippen molar-refractivity contribution >= 4 is 27.8 Å². The van der Waals surface area contributed by atoms with E-state index in [0.29, 0.717) is 13.2 Å². The summed E-state index contributed by atoms with van der Waals surface area (Å²) >= 11 is 3.41. The molecule has 1 aromatic carbocycles. The van der Waals surface area contributed by atoms with Crippen molar-refractivity contribution in [2.45, 2.75) is 32.7 Å². The summed E-state index contributed by atoms with van der Waals surface area (Å²) in [6, 6.07) is 7.95. The van der Waals surface area contributed by atoms with Crippen LogP contribution in [-0.4, -0.2) is 38.1 Å². The van der Waals surface area contributed by atoms with Crippen LogP contribution in [0.2, 0.25) is 0 Å². The van der Waals surface area contributed by atoms with E-state index in [1.807, 2.05) is 38.1 Å². The van der Waals surface area contributed by atoms with Gasteiger partial charge in [0.25, 0.3) is 5.91 Å². The van der Waals surface area contributed by atoms with E-state index in [1.165, 1.54) is 4.90 Å². The number of amides is 1. The average Bonchev–Trinajstić information content (AvgIpc) is 2.56. The van der Waals surface area contributed by atoms with Crippen molar-refractivity contribution in [3.05, 3.63) is 34.3 Å². The van der Waals surface area contributed by atoms with Gasteiger partial charge in [0.2, 0.25) is 0 Å². The molecule has 1 amide bonds. The van der Waals surface area contributed by atoms with Crippen LogP contribution >= 0.6 is 15.9 Å². The lowest BCUT2D eigenvalue weighted by Crippen LogP contribution is -3.14. The zero-order valence-electron chi connectivity index (χ0n) is 14.3. The number of hydrogen-bond donors (Lipinski definition) is 2. The number of carbonyl (C=O) groups is 2. The van der Waals surface area contributed by atoms with E-state index in [9.17, 15) is 9.59 Å². The number of piperidine rings is 1. The Bertz CT molecular complexity index is 554. The zero-order valence-corrected chi connectivity index (χ0v) is 15.9. The summed E-state index contributed by atoms with van der Waals surface area (Å²) in [5, 5.41) is 3.05. The predicted molar refractivity (Wildman–Crippen MR) is 95.6 cm³/mol. The van der Waals surface area contributed by atoms with E-state index in [0.717, 1.165) is 36.0 Å². The molecule has 1 aliphatic rings. The maximum atomic E-state index is 12.2. The fourth-order valence-corrected chi connectivity index (χ4v) is 3.32. The highest BCUT2D eigenvalue weighted by molar-refractivity contribution is 9.10. The highest BCUT2D eigenvalue weighted by atomic mass is 79.9. The van der Waals surface area contributed by atoms with Gasteiger partial charge in [0, 0.05) is 17.3 Å². The summed E-state index contributed by atoms with van der Waals surface area (Å²) in [7, 11) is 0. The third-order valence-corrected chi connectivity index (χ3v) is 5.00. The molecule has 1 aromatic rings. The molecule has 0 spiro atoms. The molecule has 2 N–H and O–H groups in total. The minimum absolute atomic E-state index is 0.00143. The summed E-state index contributed by atoms with van der Waals surface area (Å²) in [6.07, 6.45) is 1.59. The van der Waals surface area contributed by atoms with Gasteiger partial charge in [-0.15, -0.1) is 0 Å². The molecule has 1 fully saturated rings. The van der Waals surface area contributed by atoms with Crippen molar-refractivity contribution in [3.63, 3.8) is 0 Å². The third-order valence-electron chi connectivity index (χ3n) is 4.47. The summed E-state index contributed by atoms with van der Waals surface area (Å²) in [4.78, 5) is 25.2. The second kappa shape index (κ2) is 9.18. The summed E-state index contributed by atoms with van der Waals surface area (Å²) < 4.78 is 6.10. The number of benzene rings is 1. The summed E-state index contributed by atoms with van der Waals surface area (Å²) in [6.45, 7) is 6.38. The van der Waals surface area contributed by atoms with Gasteiger partial charge in [-0.05, 0) is 31.5 Å². The van der Waals surface area contributed by atoms with Crippen molar-refractivity contribution in [2.24, 2.45) is 5.92 Å². The Kier molecular flexibility index (Phi) is 7.24. The van der Waals surface area contributed by atoms with E-state index in [2.05, 4.69) is 21.2 Å². The van der Waals surface area contributed by atoms with Crippen LogP contribution in [0.3, 0.4) is 0 Å². The van der Waals surface area contributed by atoms with E-state index >= 15 is 0 Å². The van der Waals surface area contributed by atoms with Crippen molar-refractivity contribution in [1.82, 2.24) is 5.32 Å². The molecule has 0 aromatic heterocycles. The molecule has 0 saturated carbocycles. The van der Waals surface area contributed by atoms with Crippen LogP contribution in [0.25, 0.3) is 0 Å². The van der Waals surface area contributed by atoms with Gasteiger partial charge in [0.05, 0.1) is 31.7 Å². The standard InChI is InChI=1S/C18H25BrN2O3/c1-3-24-18(23)15-8-10-21(11-9-15)12-17(22)20-13(2)14-4-6-16(19)7-5-14/h4-7,13,15H,3,8-12H2,1-2H3,(H,20,22)/p+1/t13-/m0/s1. The molecule has 0 bridgehead atoms. The van der Waals surface area contributed by atoms with Crippen molar-refractivity contribution in [2.75, 3.05) is 26.2 Å². The minimum Gasteiger partial charge on any atom is -0.466 e. The van der Waals surface area contributed by atoms with Gasteiger partial charge in [0.1, 0.15) is 0 Å². The summed E-state index contributed by atoms with van der Waals surface area (Å²) in [5.74, 6) is -0.0432. The Balaban J connectivity index is 1.75. The van der Waals surface area contributed by atoms with Crippen LogP contribution < -0.4 is 10.2 Å². The molecule has 132 valence electrons. The lowest BCUT2D eigenvalue weighted by atomic mass is 9.97. The van der Waals surface area contributed by atoms with Crippen LogP contribution in [0.4, 0.5) is 0 Å². The molecule has 5 nitrogen and oxygen atoms in total. The normalized spacial score (nSPS) is 21.8. The lowest BCUT2D eigenvalue weighted by Gasteiger charge is -2.28. The quantitative estimate of drug-likeness (QED) is 0.714. The number of likely N-dealkylation sites (tertiary alicyclic amines) is 1. The molecule has 1 saturated heterocycles. The van der Waals surface area contributed by atoms with Gasteiger partial charge in [-0.2, -0.15) is 0 Å². The molecule has 1 heterocycles. The predicted octanol–water partition coefficient (Wildman–Crippen LogP) is 1.48. The van der Waals surface area contributed by atoms with E-state index in [-0.39, 0.29) is 23.8 Å². The smallest absolute Gasteiger partial charge is 0.309 e. The molecule has 1 aliphatic heterocycles. The fourth-order valence-electron chi connectivity index (χ4n) is 3.05. The molecule has 6 heteroatoms. The zero-order chi connectivity index (χ0) is 17.5. The number of halogens is 1. The van der Waals surface area contributed by atoms with Gasteiger partial charge in [-0.1, -0.05) is 28.1 Å². The Morgan fingerprint density at radius 2 is 1.92 bits per heavy atom. The molecular weight excluding hydrogens is 372 g/mol. The molecule has 2 rings (SSSR count). The molecule has 0 unspecified atom stereocenters. The molecule has 24 heavy (non-hydrogen) atoms. The highest BCUT2D eigenvalue weighted by Crippen LogP contribution is 2.16. The first-order valence-corrected chi connectivity index (χ1v) is 9.34. The van der Waals surface area contributed by atoms with E-state index < -0.39 is 0 Å². The number of quaternary nitrogens is 1. The average molecular weight is 398 g/mol. The Hall–Kier alpha value is -1.40. The fraction of sp³-hybridized carbons (Fsp3) is 0.556. The Morgan fingerprint density at radius 3 is 2.50 bits per heavy atom. The molecular formula is C18H26BrN2O3+. The Labute approximate surface area is 151 Å². The van der Waals surface area contributed by atoms with E-state index in [4.69, 9.17) is 4.74 Å². The monoisotopic (exact) mass is 397 g/mol. The number of esters is 1. The van der Waals surface area contributed by atoms with Crippen molar-refractivity contribution < 1.29 is 19.2 Å². The molecule has 0 aliphatic carbocycles. The molecule has 1 atom stereocenters. The topological polar surface area (TPSA) is 59.8 Å². The lowest BCUT2D eigenvalue weighted by molar-refractivity contribution is -0.897. The highest BCUT2D eigenvalue weighted by Gasteiger charge is 2.29. The maximum absolute atomic E-state index is 12.2. The largest absolute Gasteiger partial charge is 0.466 e. The number of nitrogens with one attached hydrogen (secondary N) is 2. The number of rotatable bonds is 6. The number of hydrogen-bond acceptors (Lipinski definition) is 3. The Morgan fingerprint density at radius 1 is 1.29 bits per heavy atom. The van der Waals surface area contributed by atoms with Crippen LogP contribution in [0, 0.1) is 5.92 Å². The van der Waals surface area contributed by atoms with Gasteiger partial charge >= 0.3 is 5.97 Å². The first-order chi connectivity index (χ1) is 11.5. The van der Waals surface area contributed by atoms with Crippen molar-refractivity contribution in [1.29, 1.82) is 0 Å². The molecule has 0 radical (unpaired) electrons. The number of ether oxygens (including phenoxy) is 1. The maximum Gasteiger partial charge on any atom is 0.309 e. The van der Waals surface area contributed by atoms with Crippen LogP contribution in [0.5, 0.6) is 0 Å². The second-order valence-corrected chi connectivity index (χ2v) is 7.21.